The van der Waals surface area contributed by atoms with E-state index in [-0.39, 0.29) is 5.41 Å². The van der Waals surface area contributed by atoms with Crippen molar-refractivity contribution in [2.24, 2.45) is 0 Å². The van der Waals surface area contributed by atoms with Crippen molar-refractivity contribution in [1.29, 1.82) is 0 Å². The smallest absolute Gasteiger partial charge is 0.0544 e. The average molecular weight is 811 g/mol. The fraction of sp³-hybridized carbons (Fsp3) is 0.0323. The van der Waals surface area contributed by atoms with E-state index >= 15 is 0 Å². The van der Waals surface area contributed by atoms with Crippen molar-refractivity contribution in [1.82, 2.24) is 9.13 Å². The van der Waals surface area contributed by atoms with Crippen LogP contribution >= 0.6 is 0 Å². The second-order valence-corrected chi connectivity index (χ2v) is 18.2. The monoisotopic (exact) mass is 810 g/mol. The Hall–Kier alpha value is -8.20. The number of nitrogens with zero attached hydrogens (tertiary/aromatic N) is 2. The van der Waals surface area contributed by atoms with E-state index in [2.05, 4.69) is 228 Å². The number of fused-ring (bicyclic) bond motifs is 18. The third kappa shape index (κ3) is 4.34. The van der Waals surface area contributed by atoms with E-state index < -0.39 is 0 Å². The molecule has 6 bridgehead atoms. The molecule has 1 aliphatic carbocycles. The van der Waals surface area contributed by atoms with Crippen LogP contribution in [0.2, 0.25) is 0 Å². The summed E-state index contributed by atoms with van der Waals surface area (Å²) >= 11 is 0. The molecule has 2 aromatic heterocycles. The molecule has 0 N–H and O–H groups in total. The molecule has 0 radical (unpaired) electrons. The van der Waals surface area contributed by atoms with Gasteiger partial charge in [0.2, 0.25) is 0 Å². The molecule has 1 atom stereocenters. The first-order valence-electron chi connectivity index (χ1n) is 22.4. The first-order valence-corrected chi connectivity index (χ1v) is 22.4. The van der Waals surface area contributed by atoms with E-state index in [4.69, 9.17) is 0 Å². The van der Waals surface area contributed by atoms with Gasteiger partial charge in [-0.15, -0.1) is 0 Å². The molecule has 13 aromatic rings. The van der Waals surface area contributed by atoms with Gasteiger partial charge in [0.15, 0.2) is 0 Å². The van der Waals surface area contributed by atoms with Gasteiger partial charge in [-0.05, 0) is 150 Å². The van der Waals surface area contributed by atoms with Crippen molar-refractivity contribution in [3.8, 4) is 44.8 Å². The number of hydrogen-bond donors (Lipinski definition) is 0. The zero-order chi connectivity index (χ0) is 41.8. The summed E-state index contributed by atoms with van der Waals surface area (Å²) < 4.78 is 4.98. The highest BCUT2D eigenvalue weighted by molar-refractivity contribution is 6.23. The zero-order valence-corrected chi connectivity index (χ0v) is 35.1. The van der Waals surface area contributed by atoms with E-state index in [0.717, 1.165) is 11.4 Å². The lowest BCUT2D eigenvalue weighted by Gasteiger charge is -2.29. The molecule has 11 aromatic carbocycles. The van der Waals surface area contributed by atoms with Crippen molar-refractivity contribution in [3.63, 3.8) is 0 Å². The van der Waals surface area contributed by atoms with E-state index in [1.54, 1.807) is 0 Å². The topological polar surface area (TPSA) is 9.86 Å². The molecule has 64 heavy (non-hydrogen) atoms. The third-order valence-corrected chi connectivity index (χ3v) is 15.1. The largest absolute Gasteiger partial charge is 0.309 e. The quantitative estimate of drug-likeness (QED) is 0.154. The molecule has 0 spiro atoms. The van der Waals surface area contributed by atoms with Crippen LogP contribution in [0.3, 0.4) is 0 Å². The molecule has 2 nitrogen and oxygen atoms in total. The maximum absolute atomic E-state index is 2.54. The highest BCUT2D eigenvalue weighted by Gasteiger charge is 2.41. The van der Waals surface area contributed by atoms with Crippen molar-refractivity contribution in [3.05, 3.63) is 229 Å². The molecule has 1 aliphatic heterocycles. The van der Waals surface area contributed by atoms with Crippen LogP contribution in [0.15, 0.2) is 212 Å². The van der Waals surface area contributed by atoms with Gasteiger partial charge in [0, 0.05) is 38.3 Å². The highest BCUT2D eigenvalue weighted by Crippen LogP contribution is 2.55. The molecule has 0 fully saturated rings. The molecular formula is C62H38N2. The second-order valence-electron chi connectivity index (χ2n) is 18.2. The Morgan fingerprint density at radius 1 is 0.312 bits per heavy atom. The van der Waals surface area contributed by atoms with E-state index in [9.17, 15) is 0 Å². The van der Waals surface area contributed by atoms with Crippen LogP contribution in [0.1, 0.15) is 23.6 Å². The Morgan fingerprint density at radius 3 is 1.48 bits per heavy atom. The molecule has 296 valence electrons. The lowest BCUT2D eigenvalue weighted by Crippen LogP contribution is -2.22. The molecule has 0 amide bonds. The van der Waals surface area contributed by atoms with Crippen molar-refractivity contribution in [2.75, 3.05) is 0 Å². The van der Waals surface area contributed by atoms with Gasteiger partial charge in [-0.1, -0.05) is 152 Å². The Labute approximate surface area is 369 Å². The highest BCUT2D eigenvalue weighted by atomic mass is 15.0. The Balaban J connectivity index is 1.14. The number of rotatable bonds is 2. The minimum Gasteiger partial charge on any atom is -0.309 e. The zero-order valence-electron chi connectivity index (χ0n) is 35.1. The molecular weight excluding hydrogens is 773 g/mol. The van der Waals surface area contributed by atoms with Crippen molar-refractivity contribution < 1.29 is 0 Å². The first-order chi connectivity index (χ1) is 31.6. The fourth-order valence-corrected chi connectivity index (χ4v) is 12.2. The van der Waals surface area contributed by atoms with Gasteiger partial charge in [0.1, 0.15) is 0 Å². The van der Waals surface area contributed by atoms with Gasteiger partial charge in [0.25, 0.3) is 0 Å². The number of hydrogen-bond acceptors (Lipinski definition) is 0. The summed E-state index contributed by atoms with van der Waals surface area (Å²) in [5.74, 6) is 0. The number of benzene rings is 11. The first kappa shape index (κ1) is 34.4. The van der Waals surface area contributed by atoms with Gasteiger partial charge >= 0.3 is 0 Å². The summed E-state index contributed by atoms with van der Waals surface area (Å²) in [6, 6.07) is 80.5. The lowest BCUT2D eigenvalue weighted by atomic mass is 9.73. The fourth-order valence-electron chi connectivity index (χ4n) is 12.2. The summed E-state index contributed by atoms with van der Waals surface area (Å²) in [5.41, 5.74) is 18.4. The maximum atomic E-state index is 2.54. The van der Waals surface area contributed by atoms with Crippen LogP contribution in [0.25, 0.3) is 121 Å². The Bertz CT molecular complexity index is 4160. The summed E-state index contributed by atoms with van der Waals surface area (Å²) in [6.45, 7) is 2.45. The molecule has 2 heteroatoms. The van der Waals surface area contributed by atoms with Crippen LogP contribution in [0.4, 0.5) is 0 Å². The van der Waals surface area contributed by atoms with Gasteiger partial charge in [-0.25, -0.2) is 0 Å². The summed E-state index contributed by atoms with van der Waals surface area (Å²) in [4.78, 5) is 0. The molecule has 3 heterocycles. The normalized spacial score (nSPS) is 15.0. The van der Waals surface area contributed by atoms with Crippen LogP contribution in [0, 0.1) is 0 Å². The SMILES string of the molecule is CC12c3ccc4c5ccccc5n(c4c3)-c3ccc4c(-c5ccc6ccccc6c5)c5cc(-n6c7ccccc7c7ccccc76)ccc5c(c4c3)-c3ccc(c1c3)-c1ccccc12. The average Bonchev–Trinajstić information content (AvgIpc) is 3.96. The van der Waals surface area contributed by atoms with E-state index in [1.165, 1.54) is 126 Å². The Kier molecular flexibility index (Phi) is 6.58. The van der Waals surface area contributed by atoms with Gasteiger partial charge < -0.3 is 9.13 Å². The molecule has 1 unspecified atom stereocenters. The van der Waals surface area contributed by atoms with Crippen LogP contribution < -0.4 is 0 Å². The van der Waals surface area contributed by atoms with E-state index in [1.807, 2.05) is 0 Å². The third-order valence-electron chi connectivity index (χ3n) is 15.1. The van der Waals surface area contributed by atoms with Gasteiger partial charge in [-0.2, -0.15) is 0 Å². The summed E-state index contributed by atoms with van der Waals surface area (Å²) in [7, 11) is 0. The predicted octanol–water partition coefficient (Wildman–Crippen LogP) is 16.3. The standard InChI is InChI=1S/C62H38N2/c1-62-41-25-29-49-48-17-7-11-21-58(48)64(59(49)34-41)43-27-31-50-53(36-43)61(40-24-28-45(55(62)33-40)44-14-4-8-18-54(44)62)51-30-26-42(63-56-19-9-5-15-46(56)47-16-6-10-20-57(47)63)35-52(51)60(50)39-23-22-37-12-2-3-13-38(37)32-39/h2-36H,1H3. The molecule has 0 saturated heterocycles. The maximum Gasteiger partial charge on any atom is 0.0544 e. The van der Waals surface area contributed by atoms with Gasteiger partial charge in [0.05, 0.1) is 22.1 Å². The van der Waals surface area contributed by atoms with Crippen molar-refractivity contribution >= 4 is 75.9 Å². The second kappa shape index (κ2) is 12.2. The van der Waals surface area contributed by atoms with E-state index in [0.29, 0.717) is 0 Å². The predicted molar refractivity (Wildman–Crippen MR) is 270 cm³/mol. The summed E-state index contributed by atoms with van der Waals surface area (Å²) in [6.07, 6.45) is 0. The number of aromatic nitrogens is 2. The van der Waals surface area contributed by atoms with Crippen LogP contribution in [0.5, 0.6) is 0 Å². The lowest BCUT2D eigenvalue weighted by molar-refractivity contribution is 0.715. The molecule has 0 saturated carbocycles. The number of para-hydroxylation sites is 3. The Morgan fingerprint density at radius 2 is 0.812 bits per heavy atom. The van der Waals surface area contributed by atoms with Crippen LogP contribution in [-0.4, -0.2) is 9.13 Å². The molecule has 2 aliphatic rings. The van der Waals surface area contributed by atoms with Gasteiger partial charge in [-0.3, -0.25) is 0 Å². The minimum atomic E-state index is -0.367. The minimum absolute atomic E-state index is 0.367. The summed E-state index contributed by atoms with van der Waals surface area (Å²) in [5, 5.41) is 12.5. The molecule has 15 rings (SSSR count). The van der Waals surface area contributed by atoms with Crippen molar-refractivity contribution in [2.45, 2.75) is 12.3 Å². The van der Waals surface area contributed by atoms with Crippen LogP contribution in [-0.2, 0) is 5.41 Å².